The van der Waals surface area contributed by atoms with Crippen molar-refractivity contribution in [1.82, 2.24) is 0 Å². The number of sulfone groups is 1. The zero-order valence-corrected chi connectivity index (χ0v) is 15.8. The Balaban J connectivity index is 1.61. The normalized spacial score (nSPS) is 16.3. The van der Waals surface area contributed by atoms with Crippen molar-refractivity contribution in [3.05, 3.63) is 60.2 Å². The van der Waals surface area contributed by atoms with Gasteiger partial charge in [0.05, 0.1) is 10.1 Å². The van der Waals surface area contributed by atoms with Gasteiger partial charge in [-0.25, -0.2) is 8.42 Å². The van der Waals surface area contributed by atoms with Gasteiger partial charge >= 0.3 is 0 Å². The molecule has 1 aliphatic rings. The largest absolute Gasteiger partial charge is 0.326 e. The maximum absolute atomic E-state index is 12.6. The second-order valence-electron chi connectivity index (χ2n) is 7.04. The first-order valence-electron chi connectivity index (χ1n) is 9.15. The summed E-state index contributed by atoms with van der Waals surface area (Å²) in [6.07, 6.45) is 3.85. The van der Waals surface area contributed by atoms with Crippen LogP contribution in [0.15, 0.2) is 59.5 Å². The molecule has 26 heavy (non-hydrogen) atoms. The third-order valence-corrected chi connectivity index (χ3v) is 7.35. The Labute approximate surface area is 155 Å². The summed E-state index contributed by atoms with van der Waals surface area (Å²) in [7, 11) is -3.25. The Kier molecular flexibility index (Phi) is 5.77. The van der Waals surface area contributed by atoms with Crippen molar-refractivity contribution in [2.75, 3.05) is 5.32 Å². The highest BCUT2D eigenvalue weighted by molar-refractivity contribution is 7.92. The SMILES string of the molecule is C[C@@H](CC(=O)Nc1ccc(S(=O)(=O)C2CCCC2)cc1)c1ccccc1. The zero-order chi connectivity index (χ0) is 18.6. The first-order chi connectivity index (χ1) is 12.5. The van der Waals surface area contributed by atoms with Gasteiger partial charge in [0.1, 0.15) is 0 Å². The first kappa shape index (κ1) is 18.6. The van der Waals surface area contributed by atoms with Gasteiger partial charge in [0, 0.05) is 12.1 Å². The lowest BCUT2D eigenvalue weighted by Gasteiger charge is -2.13. The molecule has 0 saturated heterocycles. The van der Waals surface area contributed by atoms with Crippen molar-refractivity contribution in [2.45, 2.75) is 55.1 Å². The van der Waals surface area contributed by atoms with Crippen LogP contribution in [0.25, 0.3) is 0 Å². The number of benzene rings is 2. The van der Waals surface area contributed by atoms with Crippen molar-refractivity contribution in [1.29, 1.82) is 0 Å². The maximum atomic E-state index is 12.6. The highest BCUT2D eigenvalue weighted by Gasteiger charge is 2.30. The van der Waals surface area contributed by atoms with E-state index in [4.69, 9.17) is 0 Å². The standard InChI is InChI=1S/C21H25NO3S/c1-16(17-7-3-2-4-8-17)15-21(23)22-18-11-13-20(14-12-18)26(24,25)19-9-5-6-10-19/h2-4,7-8,11-14,16,19H,5-6,9-10,15H2,1H3,(H,22,23)/t16-/m0/s1. The molecule has 1 N–H and O–H groups in total. The van der Waals surface area contributed by atoms with Crippen LogP contribution >= 0.6 is 0 Å². The second kappa shape index (κ2) is 8.04. The lowest BCUT2D eigenvalue weighted by Crippen LogP contribution is -2.18. The van der Waals surface area contributed by atoms with Crippen LogP contribution in [0.2, 0.25) is 0 Å². The van der Waals surface area contributed by atoms with Gasteiger partial charge in [0.2, 0.25) is 5.91 Å². The molecule has 0 heterocycles. The van der Waals surface area contributed by atoms with Gasteiger partial charge in [-0.2, -0.15) is 0 Å². The average molecular weight is 372 g/mol. The van der Waals surface area contributed by atoms with Crippen molar-refractivity contribution in [2.24, 2.45) is 0 Å². The molecule has 4 nitrogen and oxygen atoms in total. The lowest BCUT2D eigenvalue weighted by atomic mass is 9.97. The maximum Gasteiger partial charge on any atom is 0.224 e. The summed E-state index contributed by atoms with van der Waals surface area (Å²) in [4.78, 5) is 12.6. The summed E-state index contributed by atoms with van der Waals surface area (Å²) < 4.78 is 25.2. The van der Waals surface area contributed by atoms with Crippen molar-refractivity contribution >= 4 is 21.4 Å². The fourth-order valence-corrected chi connectivity index (χ4v) is 5.36. The molecule has 5 heteroatoms. The molecule has 0 aliphatic heterocycles. The van der Waals surface area contributed by atoms with Gasteiger partial charge in [0.15, 0.2) is 9.84 Å². The molecule has 0 radical (unpaired) electrons. The van der Waals surface area contributed by atoms with Gasteiger partial charge in [-0.15, -0.1) is 0 Å². The number of hydrogen-bond donors (Lipinski definition) is 1. The predicted molar refractivity (Wildman–Crippen MR) is 104 cm³/mol. The summed E-state index contributed by atoms with van der Waals surface area (Å²) in [5.74, 6) is 0.0472. The van der Waals surface area contributed by atoms with Gasteiger partial charge in [-0.1, -0.05) is 50.1 Å². The summed E-state index contributed by atoms with van der Waals surface area (Å²) in [6, 6.07) is 16.5. The molecule has 0 bridgehead atoms. The van der Waals surface area contributed by atoms with Gasteiger partial charge < -0.3 is 5.32 Å². The summed E-state index contributed by atoms with van der Waals surface area (Å²) in [5.41, 5.74) is 1.75. The van der Waals surface area contributed by atoms with Gasteiger partial charge in [-0.05, 0) is 48.6 Å². The van der Waals surface area contributed by atoms with Crippen LogP contribution in [0, 0.1) is 0 Å². The molecule has 1 fully saturated rings. The van der Waals surface area contributed by atoms with Crippen LogP contribution in [0.5, 0.6) is 0 Å². The van der Waals surface area contributed by atoms with Crippen LogP contribution in [-0.4, -0.2) is 19.6 Å². The van der Waals surface area contributed by atoms with Crippen LogP contribution in [-0.2, 0) is 14.6 Å². The number of amides is 1. The van der Waals surface area contributed by atoms with Crippen molar-refractivity contribution in [3.63, 3.8) is 0 Å². The monoisotopic (exact) mass is 371 g/mol. The molecule has 2 aromatic carbocycles. The minimum Gasteiger partial charge on any atom is -0.326 e. The van der Waals surface area contributed by atoms with Gasteiger partial charge in [-0.3, -0.25) is 4.79 Å². The van der Waals surface area contributed by atoms with E-state index in [9.17, 15) is 13.2 Å². The molecule has 0 spiro atoms. The Morgan fingerprint density at radius 1 is 1.04 bits per heavy atom. The number of nitrogens with one attached hydrogen (secondary N) is 1. The minimum atomic E-state index is -3.25. The van der Waals surface area contributed by atoms with Crippen LogP contribution in [0.1, 0.15) is 50.5 Å². The van der Waals surface area contributed by atoms with E-state index in [2.05, 4.69) is 5.32 Å². The van der Waals surface area contributed by atoms with Crippen LogP contribution in [0.3, 0.4) is 0 Å². The van der Waals surface area contributed by atoms with Crippen LogP contribution in [0.4, 0.5) is 5.69 Å². The Bertz CT molecular complexity index is 839. The highest BCUT2D eigenvalue weighted by atomic mass is 32.2. The fraction of sp³-hybridized carbons (Fsp3) is 0.381. The van der Waals surface area contributed by atoms with E-state index in [1.807, 2.05) is 37.3 Å². The quantitative estimate of drug-likeness (QED) is 0.811. The number of carbonyl (C=O) groups is 1. The fourth-order valence-electron chi connectivity index (χ4n) is 3.51. The Morgan fingerprint density at radius 3 is 2.27 bits per heavy atom. The van der Waals surface area contributed by atoms with Gasteiger partial charge in [0.25, 0.3) is 0 Å². The molecular formula is C21H25NO3S. The number of rotatable bonds is 6. The molecule has 2 aromatic rings. The molecule has 0 unspecified atom stereocenters. The molecule has 138 valence electrons. The van der Waals surface area contributed by atoms with E-state index in [0.29, 0.717) is 17.0 Å². The second-order valence-corrected chi connectivity index (χ2v) is 9.27. The zero-order valence-electron chi connectivity index (χ0n) is 15.0. The molecule has 1 amide bonds. The minimum absolute atomic E-state index is 0.0762. The predicted octanol–water partition coefficient (Wildman–Crippen LogP) is 4.54. The van der Waals surface area contributed by atoms with E-state index in [-0.39, 0.29) is 17.1 Å². The van der Waals surface area contributed by atoms with Crippen molar-refractivity contribution in [3.8, 4) is 0 Å². The molecular weight excluding hydrogens is 346 g/mol. The molecule has 1 atom stereocenters. The topological polar surface area (TPSA) is 63.2 Å². The molecule has 1 aliphatic carbocycles. The van der Waals surface area contributed by atoms with E-state index in [1.165, 1.54) is 0 Å². The highest BCUT2D eigenvalue weighted by Crippen LogP contribution is 2.30. The van der Waals surface area contributed by atoms with E-state index in [1.54, 1.807) is 24.3 Å². The number of hydrogen-bond acceptors (Lipinski definition) is 3. The summed E-state index contributed by atoms with van der Waals surface area (Å²) in [5, 5.41) is 2.60. The Morgan fingerprint density at radius 2 is 1.65 bits per heavy atom. The van der Waals surface area contributed by atoms with Crippen molar-refractivity contribution < 1.29 is 13.2 Å². The average Bonchev–Trinajstić information content (AvgIpc) is 3.18. The van der Waals surface area contributed by atoms with Crippen LogP contribution < -0.4 is 5.32 Å². The number of anilines is 1. The van der Waals surface area contributed by atoms with E-state index < -0.39 is 9.84 Å². The third kappa shape index (κ3) is 4.33. The lowest BCUT2D eigenvalue weighted by molar-refractivity contribution is -0.116. The smallest absolute Gasteiger partial charge is 0.224 e. The molecule has 1 saturated carbocycles. The molecule has 0 aromatic heterocycles. The number of carbonyl (C=O) groups excluding carboxylic acids is 1. The summed E-state index contributed by atoms with van der Waals surface area (Å²) in [6.45, 7) is 2.02. The summed E-state index contributed by atoms with van der Waals surface area (Å²) >= 11 is 0. The molecule has 3 rings (SSSR count). The third-order valence-electron chi connectivity index (χ3n) is 5.07. The first-order valence-corrected chi connectivity index (χ1v) is 10.7. The van der Waals surface area contributed by atoms with E-state index in [0.717, 1.165) is 31.2 Å². The van der Waals surface area contributed by atoms with E-state index >= 15 is 0 Å². The Hall–Kier alpha value is -2.14.